The molecule has 2 N–H and O–H groups in total. The third-order valence-electron chi connectivity index (χ3n) is 1.67. The van der Waals surface area contributed by atoms with Crippen LogP contribution in [-0.4, -0.2) is 38.3 Å². The van der Waals surface area contributed by atoms with Crippen LogP contribution in [-0.2, 0) is 9.53 Å². The van der Waals surface area contributed by atoms with Crippen LogP contribution in [0.3, 0.4) is 0 Å². The number of morpholine rings is 1. The summed E-state index contributed by atoms with van der Waals surface area (Å²) in [5, 5.41) is 6.09. The number of halogens is 2. The number of carbonyl (C=O) groups is 1. The number of ether oxygens (including phenoxy) is 1. The summed E-state index contributed by atoms with van der Waals surface area (Å²) in [5.74, 6) is -0.144. The molecule has 1 aliphatic rings. The highest BCUT2D eigenvalue weighted by Gasteiger charge is 2.20. The molecule has 4 nitrogen and oxygen atoms in total. The van der Waals surface area contributed by atoms with Crippen LogP contribution in [0.25, 0.3) is 0 Å². The summed E-state index contributed by atoms with van der Waals surface area (Å²) in [6.45, 7) is 5.68. The summed E-state index contributed by atoms with van der Waals surface area (Å²) >= 11 is 5.50. The Bertz CT molecular complexity index is 206. The Kier molecular flexibility index (Phi) is 6.92. The molecule has 1 heterocycles. The molecule has 0 aromatic rings. The van der Waals surface area contributed by atoms with E-state index in [4.69, 9.17) is 16.3 Å². The lowest BCUT2D eigenvalue weighted by Crippen LogP contribution is -2.48. The molecule has 1 saturated heterocycles. The van der Waals surface area contributed by atoms with Crippen LogP contribution in [0.2, 0.25) is 0 Å². The van der Waals surface area contributed by atoms with E-state index < -0.39 is 6.10 Å². The molecule has 0 unspecified atom stereocenters. The molecule has 6 heteroatoms. The maximum absolute atomic E-state index is 11.3. The highest BCUT2D eigenvalue weighted by Crippen LogP contribution is 1.97. The van der Waals surface area contributed by atoms with E-state index in [1.165, 1.54) is 0 Å². The lowest BCUT2D eigenvalue weighted by molar-refractivity contribution is -0.133. The van der Waals surface area contributed by atoms with E-state index in [2.05, 4.69) is 17.2 Å². The third-order valence-corrected chi connectivity index (χ3v) is 1.81. The summed E-state index contributed by atoms with van der Waals surface area (Å²) in [7, 11) is 0. The van der Waals surface area contributed by atoms with E-state index in [0.29, 0.717) is 24.7 Å². The first-order chi connectivity index (χ1) is 6.20. The van der Waals surface area contributed by atoms with Gasteiger partial charge >= 0.3 is 0 Å². The van der Waals surface area contributed by atoms with Gasteiger partial charge in [0.15, 0.2) is 0 Å². The Morgan fingerprint density at radius 2 is 2.43 bits per heavy atom. The normalized spacial score (nSPS) is 20.8. The standard InChI is InChI=1S/C8H13ClN2O2.ClH/c1-6(9)4-11-8(12)7-5-10-2-3-13-7;/h7,10H,1-5H2,(H,11,12);1H/t7-;/m0./s1. The smallest absolute Gasteiger partial charge is 0.250 e. The predicted octanol–water partition coefficient (Wildman–Crippen LogP) is 0.265. The SMILES string of the molecule is C=C(Cl)CNC(=O)[C@@H]1CNCCO1.Cl. The summed E-state index contributed by atoms with van der Waals surface area (Å²) in [6.07, 6.45) is -0.398. The summed E-state index contributed by atoms with van der Waals surface area (Å²) in [6, 6.07) is 0. The van der Waals surface area contributed by atoms with Gasteiger partial charge in [0.05, 0.1) is 13.2 Å². The number of amides is 1. The van der Waals surface area contributed by atoms with Gasteiger partial charge in [0.1, 0.15) is 6.10 Å². The molecule has 14 heavy (non-hydrogen) atoms. The number of nitrogens with one attached hydrogen (secondary N) is 2. The number of rotatable bonds is 3. The van der Waals surface area contributed by atoms with Crippen molar-refractivity contribution in [3.05, 3.63) is 11.6 Å². The second kappa shape index (κ2) is 7.06. The van der Waals surface area contributed by atoms with Gasteiger partial charge in [-0.05, 0) is 0 Å². The van der Waals surface area contributed by atoms with Crippen molar-refractivity contribution in [2.24, 2.45) is 0 Å². The lowest BCUT2D eigenvalue weighted by atomic mass is 10.3. The van der Waals surface area contributed by atoms with Crippen LogP contribution in [0.15, 0.2) is 11.6 Å². The molecule has 82 valence electrons. The monoisotopic (exact) mass is 240 g/mol. The zero-order chi connectivity index (χ0) is 9.68. The van der Waals surface area contributed by atoms with Crippen molar-refractivity contribution in [2.75, 3.05) is 26.2 Å². The summed E-state index contributed by atoms with van der Waals surface area (Å²) in [5.41, 5.74) is 0. The molecule has 0 aromatic heterocycles. The van der Waals surface area contributed by atoms with Gasteiger partial charge in [-0.25, -0.2) is 0 Å². The van der Waals surface area contributed by atoms with Gasteiger partial charge in [0.25, 0.3) is 5.91 Å². The molecular weight excluding hydrogens is 227 g/mol. The van der Waals surface area contributed by atoms with Crippen molar-refractivity contribution >= 4 is 29.9 Å². The molecule has 0 spiro atoms. The third kappa shape index (κ3) is 4.81. The fourth-order valence-electron chi connectivity index (χ4n) is 1.03. The average molecular weight is 241 g/mol. The van der Waals surface area contributed by atoms with Crippen LogP contribution in [0, 0.1) is 0 Å². The number of hydrogen-bond acceptors (Lipinski definition) is 3. The highest BCUT2D eigenvalue weighted by molar-refractivity contribution is 6.29. The van der Waals surface area contributed by atoms with Crippen molar-refractivity contribution in [2.45, 2.75) is 6.10 Å². The summed E-state index contributed by atoms with van der Waals surface area (Å²) < 4.78 is 5.22. The fourth-order valence-corrected chi connectivity index (χ4v) is 1.10. The highest BCUT2D eigenvalue weighted by atomic mass is 35.5. The van der Waals surface area contributed by atoms with Crippen molar-refractivity contribution < 1.29 is 9.53 Å². The molecule has 1 amide bonds. The molecule has 1 fully saturated rings. The Morgan fingerprint density at radius 3 is 2.93 bits per heavy atom. The van der Waals surface area contributed by atoms with Crippen LogP contribution < -0.4 is 10.6 Å². The van der Waals surface area contributed by atoms with Gasteiger partial charge in [0, 0.05) is 18.1 Å². The Hall–Kier alpha value is -0.290. The largest absolute Gasteiger partial charge is 0.366 e. The maximum atomic E-state index is 11.3. The Labute approximate surface area is 94.4 Å². The first-order valence-corrected chi connectivity index (χ1v) is 4.51. The number of carbonyl (C=O) groups excluding carboxylic acids is 1. The second-order valence-electron chi connectivity index (χ2n) is 2.80. The van der Waals surface area contributed by atoms with Crippen LogP contribution in [0.5, 0.6) is 0 Å². The van der Waals surface area contributed by atoms with E-state index >= 15 is 0 Å². The van der Waals surface area contributed by atoms with Crippen LogP contribution >= 0.6 is 24.0 Å². The molecule has 0 aromatic carbocycles. The minimum atomic E-state index is -0.398. The van der Waals surface area contributed by atoms with E-state index in [1.807, 2.05) is 0 Å². The molecule has 0 radical (unpaired) electrons. The van der Waals surface area contributed by atoms with Gasteiger partial charge < -0.3 is 15.4 Å². The minimum Gasteiger partial charge on any atom is -0.366 e. The fraction of sp³-hybridized carbons (Fsp3) is 0.625. The van der Waals surface area contributed by atoms with Crippen molar-refractivity contribution in [3.63, 3.8) is 0 Å². The molecule has 0 saturated carbocycles. The van der Waals surface area contributed by atoms with Gasteiger partial charge in [-0.1, -0.05) is 18.2 Å². The van der Waals surface area contributed by atoms with E-state index in [9.17, 15) is 4.79 Å². The molecule has 1 atom stereocenters. The molecular formula is C8H14Cl2N2O2. The van der Waals surface area contributed by atoms with E-state index in [-0.39, 0.29) is 18.3 Å². The molecule has 1 aliphatic heterocycles. The molecule has 0 bridgehead atoms. The zero-order valence-corrected chi connectivity index (χ0v) is 9.29. The van der Waals surface area contributed by atoms with Crippen molar-refractivity contribution in [3.8, 4) is 0 Å². The predicted molar refractivity (Wildman–Crippen MR) is 57.9 cm³/mol. The lowest BCUT2D eigenvalue weighted by Gasteiger charge is -2.22. The van der Waals surface area contributed by atoms with Crippen LogP contribution in [0.1, 0.15) is 0 Å². The van der Waals surface area contributed by atoms with Crippen LogP contribution in [0.4, 0.5) is 0 Å². The first-order valence-electron chi connectivity index (χ1n) is 4.13. The topological polar surface area (TPSA) is 50.4 Å². The van der Waals surface area contributed by atoms with Gasteiger partial charge in [-0.3, -0.25) is 4.79 Å². The molecule has 0 aliphatic carbocycles. The average Bonchev–Trinajstić information content (AvgIpc) is 2.15. The summed E-state index contributed by atoms with van der Waals surface area (Å²) in [4.78, 5) is 11.3. The second-order valence-corrected chi connectivity index (χ2v) is 3.33. The van der Waals surface area contributed by atoms with Crippen molar-refractivity contribution in [1.29, 1.82) is 0 Å². The Morgan fingerprint density at radius 1 is 1.71 bits per heavy atom. The minimum absolute atomic E-state index is 0. The van der Waals surface area contributed by atoms with Gasteiger partial charge in [-0.15, -0.1) is 12.4 Å². The molecule has 1 rings (SSSR count). The number of hydrogen-bond donors (Lipinski definition) is 2. The van der Waals surface area contributed by atoms with E-state index in [1.54, 1.807) is 0 Å². The van der Waals surface area contributed by atoms with Gasteiger partial charge in [-0.2, -0.15) is 0 Å². The zero-order valence-electron chi connectivity index (χ0n) is 7.72. The van der Waals surface area contributed by atoms with Crippen molar-refractivity contribution in [1.82, 2.24) is 10.6 Å². The van der Waals surface area contributed by atoms with Gasteiger partial charge in [0.2, 0.25) is 0 Å². The maximum Gasteiger partial charge on any atom is 0.250 e. The Balaban J connectivity index is 0.00000169. The first kappa shape index (κ1) is 13.7. The quantitative estimate of drug-likeness (QED) is 0.745. The van der Waals surface area contributed by atoms with E-state index in [0.717, 1.165) is 6.54 Å².